The molecule has 9 heteroatoms. The number of amides is 2. The highest BCUT2D eigenvalue weighted by molar-refractivity contribution is 9.10. The first-order chi connectivity index (χ1) is 14.0. The average molecular weight is 477 g/mol. The summed E-state index contributed by atoms with van der Waals surface area (Å²) < 4.78 is 6.76. The van der Waals surface area contributed by atoms with Crippen LogP contribution >= 0.6 is 27.3 Å². The monoisotopic (exact) mass is 476 g/mol. The first kappa shape index (κ1) is 20.2. The molecule has 1 saturated heterocycles. The number of thiazole rings is 1. The van der Waals surface area contributed by atoms with Crippen molar-refractivity contribution in [2.24, 2.45) is 5.10 Å². The molecule has 3 heterocycles. The SMILES string of the molecule is CN1N=C(C(=O)N(CC2CCCO2)c2nc(-c3ccc(Br)cc3)cs2)CCC1=O. The number of benzene rings is 1. The van der Waals surface area contributed by atoms with Gasteiger partial charge in [0.05, 0.1) is 18.3 Å². The van der Waals surface area contributed by atoms with Crippen molar-refractivity contribution in [2.75, 3.05) is 25.1 Å². The van der Waals surface area contributed by atoms with Crippen molar-refractivity contribution >= 4 is 49.9 Å². The number of hydrogen-bond acceptors (Lipinski definition) is 6. The van der Waals surface area contributed by atoms with Gasteiger partial charge in [-0.2, -0.15) is 5.10 Å². The topological polar surface area (TPSA) is 75.1 Å². The third kappa shape index (κ3) is 4.57. The zero-order chi connectivity index (χ0) is 20.4. The third-order valence-corrected chi connectivity index (χ3v) is 6.36. The normalized spacial score (nSPS) is 19.4. The van der Waals surface area contributed by atoms with Gasteiger partial charge in [0.15, 0.2) is 5.13 Å². The van der Waals surface area contributed by atoms with E-state index in [-0.39, 0.29) is 24.3 Å². The fourth-order valence-corrected chi connectivity index (χ4v) is 4.47. The Hall–Kier alpha value is -2.10. The average Bonchev–Trinajstić information content (AvgIpc) is 3.40. The lowest BCUT2D eigenvalue weighted by molar-refractivity contribution is -0.130. The Labute approximate surface area is 181 Å². The van der Waals surface area contributed by atoms with E-state index in [1.165, 1.54) is 16.3 Å². The van der Waals surface area contributed by atoms with Crippen LogP contribution in [0.5, 0.6) is 0 Å². The van der Waals surface area contributed by atoms with Crippen molar-refractivity contribution in [2.45, 2.75) is 31.8 Å². The highest BCUT2D eigenvalue weighted by atomic mass is 79.9. The lowest BCUT2D eigenvalue weighted by Crippen LogP contribution is -2.44. The van der Waals surface area contributed by atoms with Crippen molar-refractivity contribution in [3.05, 3.63) is 34.1 Å². The first-order valence-electron chi connectivity index (χ1n) is 9.50. The number of hydrogen-bond donors (Lipinski definition) is 0. The minimum atomic E-state index is -0.212. The lowest BCUT2D eigenvalue weighted by atomic mass is 10.1. The molecule has 7 nitrogen and oxygen atoms in total. The summed E-state index contributed by atoms with van der Waals surface area (Å²) in [5.74, 6) is -0.296. The molecular weight excluding hydrogens is 456 g/mol. The van der Waals surface area contributed by atoms with Gasteiger partial charge in [-0.3, -0.25) is 14.5 Å². The van der Waals surface area contributed by atoms with Gasteiger partial charge in [0, 0.05) is 41.9 Å². The maximum absolute atomic E-state index is 13.3. The van der Waals surface area contributed by atoms with Crippen molar-refractivity contribution in [3.8, 4) is 11.3 Å². The van der Waals surface area contributed by atoms with Gasteiger partial charge < -0.3 is 4.74 Å². The standard InChI is InChI=1S/C20H21BrN4O3S/c1-24-18(26)9-8-16(23-24)19(27)25(11-15-3-2-10-28-15)20-22-17(12-29-20)13-4-6-14(21)7-5-13/h4-7,12,15H,2-3,8-11H2,1H3. The predicted molar refractivity (Wildman–Crippen MR) is 116 cm³/mol. The number of anilines is 1. The second kappa shape index (κ2) is 8.73. The molecule has 4 rings (SSSR count). The van der Waals surface area contributed by atoms with Crippen LogP contribution in [0.1, 0.15) is 25.7 Å². The van der Waals surface area contributed by atoms with Crippen molar-refractivity contribution < 1.29 is 14.3 Å². The van der Waals surface area contributed by atoms with Crippen LogP contribution in [0.15, 0.2) is 39.2 Å². The Balaban J connectivity index is 1.62. The molecule has 1 aromatic heterocycles. The second-order valence-corrected chi connectivity index (χ2v) is 8.79. The highest BCUT2D eigenvalue weighted by Crippen LogP contribution is 2.30. The number of ether oxygens (including phenoxy) is 1. The summed E-state index contributed by atoms with van der Waals surface area (Å²) in [6, 6.07) is 7.91. The number of rotatable bonds is 5. The summed E-state index contributed by atoms with van der Waals surface area (Å²) in [4.78, 5) is 31.4. The predicted octanol–water partition coefficient (Wildman–Crippen LogP) is 3.69. The summed E-state index contributed by atoms with van der Waals surface area (Å²) in [6.45, 7) is 1.15. The largest absolute Gasteiger partial charge is 0.376 e. The van der Waals surface area contributed by atoms with E-state index in [1.807, 2.05) is 29.6 Å². The Kier molecular flexibility index (Phi) is 6.07. The van der Waals surface area contributed by atoms with E-state index < -0.39 is 0 Å². The minimum absolute atomic E-state index is 0.0115. The van der Waals surface area contributed by atoms with Crippen molar-refractivity contribution in [3.63, 3.8) is 0 Å². The summed E-state index contributed by atoms with van der Waals surface area (Å²) in [6.07, 6.45) is 2.53. The molecule has 1 aromatic carbocycles. The van der Waals surface area contributed by atoms with E-state index in [0.717, 1.165) is 28.6 Å². The second-order valence-electron chi connectivity index (χ2n) is 7.04. The Bertz CT molecular complexity index is 937. The van der Waals surface area contributed by atoms with E-state index in [2.05, 4.69) is 21.0 Å². The molecule has 1 fully saturated rings. The third-order valence-electron chi connectivity index (χ3n) is 4.97. The van der Waals surface area contributed by atoms with Gasteiger partial charge in [-0.15, -0.1) is 11.3 Å². The van der Waals surface area contributed by atoms with Crippen LogP contribution in [0.3, 0.4) is 0 Å². The quantitative estimate of drug-likeness (QED) is 0.659. The molecule has 0 N–H and O–H groups in total. The summed E-state index contributed by atoms with van der Waals surface area (Å²) in [5.41, 5.74) is 2.19. The number of halogens is 1. The number of hydrazone groups is 1. The molecule has 1 unspecified atom stereocenters. The van der Waals surface area contributed by atoms with E-state index in [0.29, 0.717) is 30.4 Å². The van der Waals surface area contributed by atoms with Crippen molar-refractivity contribution in [1.82, 2.24) is 9.99 Å². The number of carbonyl (C=O) groups excluding carboxylic acids is 2. The van der Waals surface area contributed by atoms with Gasteiger partial charge in [0.2, 0.25) is 5.91 Å². The molecule has 1 atom stereocenters. The number of carbonyl (C=O) groups is 2. The molecule has 2 aromatic rings. The van der Waals surface area contributed by atoms with Gasteiger partial charge in [-0.25, -0.2) is 9.99 Å². The van der Waals surface area contributed by atoms with Gasteiger partial charge in [-0.1, -0.05) is 28.1 Å². The Morgan fingerprint density at radius 2 is 2.14 bits per heavy atom. The van der Waals surface area contributed by atoms with Crippen LogP contribution in [-0.4, -0.2) is 53.8 Å². The minimum Gasteiger partial charge on any atom is -0.376 e. The van der Waals surface area contributed by atoms with Gasteiger partial charge in [0.1, 0.15) is 5.71 Å². The fraction of sp³-hybridized carbons (Fsp3) is 0.400. The van der Waals surface area contributed by atoms with Gasteiger partial charge in [0.25, 0.3) is 5.91 Å². The first-order valence-corrected chi connectivity index (χ1v) is 11.2. The Morgan fingerprint density at radius 1 is 1.34 bits per heavy atom. The van der Waals surface area contributed by atoms with Crippen LogP contribution in [0.25, 0.3) is 11.3 Å². The molecule has 152 valence electrons. The summed E-state index contributed by atoms with van der Waals surface area (Å²) in [5, 5.41) is 8.01. The van der Waals surface area contributed by atoms with Crippen LogP contribution < -0.4 is 4.90 Å². The smallest absolute Gasteiger partial charge is 0.276 e. The van der Waals surface area contributed by atoms with Gasteiger partial charge in [-0.05, 0) is 25.0 Å². The molecule has 0 aliphatic carbocycles. The highest BCUT2D eigenvalue weighted by Gasteiger charge is 2.31. The molecule has 0 saturated carbocycles. The van der Waals surface area contributed by atoms with Gasteiger partial charge >= 0.3 is 0 Å². The molecule has 29 heavy (non-hydrogen) atoms. The lowest BCUT2D eigenvalue weighted by Gasteiger charge is -2.26. The number of nitrogens with zero attached hydrogens (tertiary/aromatic N) is 4. The summed E-state index contributed by atoms with van der Waals surface area (Å²) >= 11 is 4.87. The molecule has 0 spiro atoms. The van der Waals surface area contributed by atoms with Crippen LogP contribution in [0.4, 0.5) is 5.13 Å². The molecule has 0 radical (unpaired) electrons. The Morgan fingerprint density at radius 3 is 2.83 bits per heavy atom. The molecule has 2 aliphatic rings. The molecule has 0 bridgehead atoms. The molecule has 2 amide bonds. The van der Waals surface area contributed by atoms with E-state index in [4.69, 9.17) is 9.72 Å². The summed E-state index contributed by atoms with van der Waals surface area (Å²) in [7, 11) is 1.58. The molecular formula is C20H21BrN4O3S. The zero-order valence-electron chi connectivity index (χ0n) is 16.0. The zero-order valence-corrected chi connectivity index (χ0v) is 18.4. The molecule has 2 aliphatic heterocycles. The maximum Gasteiger partial charge on any atom is 0.276 e. The van der Waals surface area contributed by atoms with Crippen LogP contribution in [0, 0.1) is 0 Å². The van der Waals surface area contributed by atoms with E-state index >= 15 is 0 Å². The van der Waals surface area contributed by atoms with Crippen LogP contribution in [-0.2, 0) is 14.3 Å². The number of aromatic nitrogens is 1. The fourth-order valence-electron chi connectivity index (χ4n) is 3.36. The van der Waals surface area contributed by atoms with E-state index in [9.17, 15) is 9.59 Å². The van der Waals surface area contributed by atoms with Crippen LogP contribution in [0.2, 0.25) is 0 Å². The van der Waals surface area contributed by atoms with Crippen molar-refractivity contribution in [1.29, 1.82) is 0 Å². The van der Waals surface area contributed by atoms with E-state index in [1.54, 1.807) is 11.9 Å². The maximum atomic E-state index is 13.3.